The van der Waals surface area contributed by atoms with Crippen LogP contribution in [-0.2, 0) is 14.8 Å². The van der Waals surface area contributed by atoms with Crippen LogP contribution in [0.2, 0.25) is 5.02 Å². The molecule has 2 aromatic rings. The summed E-state index contributed by atoms with van der Waals surface area (Å²) in [5, 5.41) is 5.65. The van der Waals surface area contributed by atoms with Gasteiger partial charge in [0.05, 0.1) is 24.2 Å². The van der Waals surface area contributed by atoms with Crippen molar-refractivity contribution >= 4 is 39.1 Å². The lowest BCUT2D eigenvalue weighted by Gasteiger charge is -2.26. The van der Waals surface area contributed by atoms with Crippen molar-refractivity contribution in [2.75, 3.05) is 32.1 Å². The number of hydrogen-bond donors (Lipinski definition) is 2. The van der Waals surface area contributed by atoms with Crippen molar-refractivity contribution in [2.24, 2.45) is 0 Å². The van der Waals surface area contributed by atoms with Gasteiger partial charge in [0.1, 0.15) is 5.75 Å². The molecule has 1 aliphatic heterocycles. The van der Waals surface area contributed by atoms with E-state index in [0.29, 0.717) is 16.5 Å². The third-order valence-corrected chi connectivity index (χ3v) is 6.22. The van der Waals surface area contributed by atoms with Gasteiger partial charge in [0, 0.05) is 23.7 Å². The van der Waals surface area contributed by atoms with Gasteiger partial charge in [-0.1, -0.05) is 17.7 Å². The van der Waals surface area contributed by atoms with Crippen molar-refractivity contribution in [2.45, 2.75) is 4.90 Å². The summed E-state index contributed by atoms with van der Waals surface area (Å²) in [5.41, 5.74) is 0.505. The summed E-state index contributed by atoms with van der Waals surface area (Å²) in [6.45, 7) is 0.162. The second kappa shape index (κ2) is 8.17. The summed E-state index contributed by atoms with van der Waals surface area (Å²) in [5.74, 6) is -0.466. The monoisotopic (exact) mass is 423 g/mol. The van der Waals surface area contributed by atoms with Crippen molar-refractivity contribution in [3.63, 3.8) is 0 Å². The van der Waals surface area contributed by atoms with Crippen LogP contribution in [0.4, 0.5) is 5.69 Å². The van der Waals surface area contributed by atoms with Gasteiger partial charge in [-0.3, -0.25) is 9.59 Å². The van der Waals surface area contributed by atoms with E-state index in [2.05, 4.69) is 10.6 Å². The first kappa shape index (κ1) is 20.1. The minimum absolute atomic E-state index is 0.0621. The predicted octanol–water partition coefficient (Wildman–Crippen LogP) is 1.72. The van der Waals surface area contributed by atoms with Gasteiger partial charge in [0.15, 0.2) is 0 Å². The second-order valence-corrected chi connectivity index (χ2v) is 8.39. The number of methoxy groups -OCH3 is 1. The molecule has 0 aliphatic carbocycles. The maximum Gasteiger partial charge on any atom is 0.255 e. The Kier molecular flexibility index (Phi) is 5.87. The van der Waals surface area contributed by atoms with E-state index in [1.807, 2.05) is 0 Å². The number of piperazine rings is 1. The van der Waals surface area contributed by atoms with Crippen LogP contribution in [0.5, 0.6) is 5.75 Å². The lowest BCUT2D eigenvalue weighted by atomic mass is 10.2. The Balaban J connectivity index is 1.86. The number of carbonyl (C=O) groups excluding carboxylic acids is 2. The molecule has 8 nitrogen and oxygen atoms in total. The highest BCUT2D eigenvalue weighted by Gasteiger charge is 2.29. The molecule has 28 heavy (non-hydrogen) atoms. The molecule has 0 unspecified atom stereocenters. The molecule has 0 radical (unpaired) electrons. The normalized spacial score (nSPS) is 15.0. The van der Waals surface area contributed by atoms with Crippen LogP contribution in [0, 0.1) is 0 Å². The van der Waals surface area contributed by atoms with Gasteiger partial charge < -0.3 is 15.4 Å². The third kappa shape index (κ3) is 4.27. The summed E-state index contributed by atoms with van der Waals surface area (Å²) < 4.78 is 31.9. The number of sulfonamides is 1. The summed E-state index contributed by atoms with van der Waals surface area (Å²) in [6, 6.07) is 10.4. The van der Waals surface area contributed by atoms with Crippen molar-refractivity contribution in [1.29, 1.82) is 0 Å². The van der Waals surface area contributed by atoms with E-state index in [4.69, 9.17) is 16.3 Å². The molecule has 2 amide bonds. The quantitative estimate of drug-likeness (QED) is 0.761. The molecule has 10 heteroatoms. The number of amides is 2. The van der Waals surface area contributed by atoms with Gasteiger partial charge >= 0.3 is 0 Å². The molecule has 0 atom stereocenters. The summed E-state index contributed by atoms with van der Waals surface area (Å²) in [7, 11) is -2.44. The number of nitrogens with zero attached hydrogens (tertiary/aromatic N) is 1. The largest absolute Gasteiger partial charge is 0.495 e. The topological polar surface area (TPSA) is 105 Å². The Labute approximate surface area is 167 Å². The molecule has 0 bridgehead atoms. The first-order valence-electron chi connectivity index (χ1n) is 8.33. The van der Waals surface area contributed by atoms with Crippen LogP contribution in [0.3, 0.4) is 0 Å². The van der Waals surface area contributed by atoms with E-state index in [1.165, 1.54) is 37.4 Å². The first-order chi connectivity index (χ1) is 13.3. The molecule has 0 saturated carbocycles. The fourth-order valence-corrected chi connectivity index (χ4v) is 4.36. The van der Waals surface area contributed by atoms with Crippen molar-refractivity contribution in [3.05, 3.63) is 53.1 Å². The van der Waals surface area contributed by atoms with E-state index in [-0.39, 0.29) is 36.0 Å². The predicted molar refractivity (Wildman–Crippen MR) is 104 cm³/mol. The Morgan fingerprint density at radius 3 is 2.75 bits per heavy atom. The van der Waals surface area contributed by atoms with Crippen molar-refractivity contribution in [3.8, 4) is 5.75 Å². The SMILES string of the molecule is COc1ccc(Cl)cc1NC(=O)c1cccc(S(=O)(=O)N2CCNC(=O)C2)c1. The molecule has 1 aliphatic rings. The molecule has 1 heterocycles. The molecule has 2 aromatic carbocycles. The number of anilines is 1. The van der Waals surface area contributed by atoms with Gasteiger partial charge in [-0.05, 0) is 36.4 Å². The summed E-state index contributed by atoms with van der Waals surface area (Å²) in [4.78, 5) is 24.1. The number of rotatable bonds is 5. The van der Waals surface area contributed by atoms with Gasteiger partial charge in [0.25, 0.3) is 5.91 Å². The zero-order valence-corrected chi connectivity index (χ0v) is 16.5. The molecule has 0 aromatic heterocycles. The first-order valence-corrected chi connectivity index (χ1v) is 10.1. The Bertz CT molecular complexity index is 1030. The molecule has 3 rings (SSSR count). The number of nitrogens with one attached hydrogen (secondary N) is 2. The fourth-order valence-electron chi connectivity index (χ4n) is 2.74. The fraction of sp³-hybridized carbons (Fsp3) is 0.222. The molecular weight excluding hydrogens is 406 g/mol. The Hall–Kier alpha value is -2.62. The maximum absolute atomic E-state index is 12.8. The van der Waals surface area contributed by atoms with Crippen LogP contribution in [0.25, 0.3) is 0 Å². The second-order valence-electron chi connectivity index (χ2n) is 6.02. The number of hydrogen-bond acceptors (Lipinski definition) is 5. The van der Waals surface area contributed by atoms with E-state index in [9.17, 15) is 18.0 Å². The third-order valence-electron chi connectivity index (χ3n) is 4.15. The number of ether oxygens (including phenoxy) is 1. The maximum atomic E-state index is 12.8. The minimum Gasteiger partial charge on any atom is -0.495 e. The minimum atomic E-state index is -3.90. The highest BCUT2D eigenvalue weighted by atomic mass is 35.5. The van der Waals surface area contributed by atoms with Crippen LogP contribution in [0.1, 0.15) is 10.4 Å². The average Bonchev–Trinajstić information content (AvgIpc) is 2.68. The van der Waals surface area contributed by atoms with Crippen molar-refractivity contribution < 1.29 is 22.7 Å². The standard InChI is InChI=1S/C18H18ClN3O5S/c1-27-16-6-5-13(19)10-15(16)21-18(24)12-3-2-4-14(9-12)28(25,26)22-8-7-20-17(23)11-22/h2-6,9-10H,7-8,11H2,1H3,(H,20,23)(H,21,24). The molecule has 1 saturated heterocycles. The van der Waals surface area contributed by atoms with Crippen LogP contribution in [-0.4, -0.2) is 51.3 Å². The van der Waals surface area contributed by atoms with Crippen molar-refractivity contribution in [1.82, 2.24) is 9.62 Å². The van der Waals surface area contributed by atoms with Gasteiger partial charge in [-0.15, -0.1) is 0 Å². The van der Waals surface area contributed by atoms with E-state index < -0.39 is 15.9 Å². The zero-order valence-electron chi connectivity index (χ0n) is 14.9. The Morgan fingerprint density at radius 1 is 1.25 bits per heavy atom. The van der Waals surface area contributed by atoms with Gasteiger partial charge in [-0.25, -0.2) is 8.42 Å². The lowest BCUT2D eigenvalue weighted by Crippen LogP contribution is -2.49. The smallest absolute Gasteiger partial charge is 0.255 e. The highest BCUT2D eigenvalue weighted by molar-refractivity contribution is 7.89. The zero-order chi connectivity index (χ0) is 20.3. The van der Waals surface area contributed by atoms with Crippen LogP contribution in [0.15, 0.2) is 47.4 Å². The molecule has 0 spiro atoms. The molecule has 148 valence electrons. The van der Waals surface area contributed by atoms with E-state index in [0.717, 1.165) is 4.31 Å². The molecule has 1 fully saturated rings. The number of benzene rings is 2. The van der Waals surface area contributed by atoms with E-state index >= 15 is 0 Å². The average molecular weight is 424 g/mol. The summed E-state index contributed by atoms with van der Waals surface area (Å²) >= 11 is 5.96. The van der Waals surface area contributed by atoms with Gasteiger partial charge in [-0.2, -0.15) is 4.31 Å². The lowest BCUT2D eigenvalue weighted by molar-refractivity contribution is -0.122. The summed E-state index contributed by atoms with van der Waals surface area (Å²) in [6.07, 6.45) is 0. The molecular formula is C18H18ClN3O5S. The Morgan fingerprint density at radius 2 is 2.04 bits per heavy atom. The number of carbonyl (C=O) groups is 2. The van der Waals surface area contributed by atoms with Crippen LogP contribution >= 0.6 is 11.6 Å². The van der Waals surface area contributed by atoms with Crippen LogP contribution < -0.4 is 15.4 Å². The van der Waals surface area contributed by atoms with E-state index in [1.54, 1.807) is 12.1 Å². The highest BCUT2D eigenvalue weighted by Crippen LogP contribution is 2.28. The number of halogens is 1. The molecule has 2 N–H and O–H groups in total. The van der Waals surface area contributed by atoms with Gasteiger partial charge in [0.2, 0.25) is 15.9 Å².